The van der Waals surface area contributed by atoms with E-state index in [2.05, 4.69) is 21.9 Å². The molecule has 0 radical (unpaired) electrons. The number of thioether (sulfide) groups is 1. The molecule has 0 bridgehead atoms. The zero-order valence-electron chi connectivity index (χ0n) is 10.8. The second-order valence-corrected chi connectivity index (χ2v) is 6.78. The Hall–Kier alpha value is -1.07. The zero-order valence-corrected chi connectivity index (χ0v) is 12.4. The van der Waals surface area contributed by atoms with Gasteiger partial charge in [-0.2, -0.15) is 11.8 Å². The molecule has 3 nitrogen and oxygen atoms in total. The molecule has 5 heteroatoms. The van der Waals surface area contributed by atoms with E-state index in [1.165, 1.54) is 35.1 Å². The lowest BCUT2D eigenvalue weighted by Crippen LogP contribution is -2.06. The predicted octanol–water partition coefficient (Wildman–Crippen LogP) is 3.51. The summed E-state index contributed by atoms with van der Waals surface area (Å²) in [5.41, 5.74) is 1.49. The summed E-state index contributed by atoms with van der Waals surface area (Å²) in [5, 5.41) is 4.73. The van der Waals surface area contributed by atoms with Crippen molar-refractivity contribution < 1.29 is 0 Å². The Balaban J connectivity index is 1.77. The van der Waals surface area contributed by atoms with Crippen molar-refractivity contribution in [2.75, 3.05) is 23.4 Å². The van der Waals surface area contributed by atoms with E-state index in [0.29, 0.717) is 0 Å². The van der Waals surface area contributed by atoms with E-state index in [4.69, 9.17) is 0 Å². The van der Waals surface area contributed by atoms with Gasteiger partial charge in [-0.1, -0.05) is 6.08 Å². The SMILES string of the molecule is C=CCSCCNc1ncnc2sc3c(c12)CCC3. The summed E-state index contributed by atoms with van der Waals surface area (Å²) in [4.78, 5) is 11.5. The van der Waals surface area contributed by atoms with Crippen LogP contribution in [0, 0.1) is 0 Å². The van der Waals surface area contributed by atoms with Gasteiger partial charge in [-0.05, 0) is 24.8 Å². The van der Waals surface area contributed by atoms with Crippen LogP contribution in [-0.4, -0.2) is 28.0 Å². The molecule has 1 N–H and O–H groups in total. The summed E-state index contributed by atoms with van der Waals surface area (Å²) < 4.78 is 0. The van der Waals surface area contributed by atoms with E-state index in [9.17, 15) is 0 Å². The van der Waals surface area contributed by atoms with Gasteiger partial charge < -0.3 is 5.32 Å². The Kier molecular flexibility index (Phi) is 4.03. The molecule has 0 aliphatic heterocycles. The second kappa shape index (κ2) is 5.92. The van der Waals surface area contributed by atoms with Gasteiger partial charge in [-0.3, -0.25) is 0 Å². The lowest BCUT2D eigenvalue weighted by molar-refractivity contribution is 0.917. The summed E-state index contributed by atoms with van der Waals surface area (Å²) in [6.45, 7) is 4.67. The van der Waals surface area contributed by atoms with Crippen molar-refractivity contribution in [3.8, 4) is 0 Å². The van der Waals surface area contributed by atoms with E-state index >= 15 is 0 Å². The van der Waals surface area contributed by atoms with Crippen molar-refractivity contribution in [3.05, 3.63) is 29.4 Å². The highest BCUT2D eigenvalue weighted by molar-refractivity contribution is 7.99. The Morgan fingerprint density at radius 3 is 3.26 bits per heavy atom. The van der Waals surface area contributed by atoms with E-state index in [0.717, 1.165) is 28.7 Å². The molecular formula is C14H17N3S2. The Labute approximate surface area is 121 Å². The average Bonchev–Trinajstić information content (AvgIpc) is 2.98. The highest BCUT2D eigenvalue weighted by Crippen LogP contribution is 2.38. The normalized spacial score (nSPS) is 13.7. The van der Waals surface area contributed by atoms with Crippen LogP contribution in [0.4, 0.5) is 5.82 Å². The molecule has 0 amide bonds. The number of fused-ring (bicyclic) bond motifs is 3. The van der Waals surface area contributed by atoms with E-state index < -0.39 is 0 Å². The smallest absolute Gasteiger partial charge is 0.138 e. The molecule has 0 unspecified atom stereocenters. The molecule has 3 rings (SSSR count). The quantitative estimate of drug-likeness (QED) is 0.653. The summed E-state index contributed by atoms with van der Waals surface area (Å²) in [6.07, 6.45) is 7.29. The molecule has 2 aromatic heterocycles. The van der Waals surface area contributed by atoms with Crippen molar-refractivity contribution >= 4 is 39.1 Å². The number of aryl methyl sites for hydroxylation is 2. The first-order valence-electron chi connectivity index (χ1n) is 6.58. The van der Waals surface area contributed by atoms with Crippen molar-refractivity contribution in [2.24, 2.45) is 0 Å². The highest BCUT2D eigenvalue weighted by atomic mass is 32.2. The summed E-state index contributed by atoms with van der Waals surface area (Å²) in [7, 11) is 0. The highest BCUT2D eigenvalue weighted by Gasteiger charge is 2.20. The maximum atomic E-state index is 4.43. The minimum Gasteiger partial charge on any atom is -0.369 e. The molecule has 19 heavy (non-hydrogen) atoms. The van der Waals surface area contributed by atoms with Crippen LogP contribution in [-0.2, 0) is 12.8 Å². The first-order chi connectivity index (χ1) is 9.40. The third-order valence-corrected chi connectivity index (χ3v) is 5.44. The minimum atomic E-state index is 0.940. The van der Waals surface area contributed by atoms with Gasteiger partial charge in [0.1, 0.15) is 17.0 Å². The molecule has 0 fully saturated rings. The summed E-state index contributed by atoms with van der Waals surface area (Å²) in [5.74, 6) is 3.10. The Morgan fingerprint density at radius 1 is 1.42 bits per heavy atom. The van der Waals surface area contributed by atoms with Gasteiger partial charge in [0.2, 0.25) is 0 Å². The molecule has 0 saturated carbocycles. The van der Waals surface area contributed by atoms with Gasteiger partial charge in [0.25, 0.3) is 0 Å². The number of hydrogen-bond donors (Lipinski definition) is 1. The number of anilines is 1. The third-order valence-electron chi connectivity index (χ3n) is 3.28. The molecule has 0 saturated heterocycles. The Bertz CT molecular complexity index is 592. The second-order valence-electron chi connectivity index (χ2n) is 4.55. The van der Waals surface area contributed by atoms with Crippen molar-refractivity contribution in [3.63, 3.8) is 0 Å². The molecule has 2 heterocycles. The number of nitrogens with zero attached hydrogens (tertiary/aromatic N) is 2. The van der Waals surface area contributed by atoms with E-state index in [1.54, 1.807) is 6.33 Å². The molecule has 0 aromatic carbocycles. The lowest BCUT2D eigenvalue weighted by atomic mass is 10.2. The molecular weight excluding hydrogens is 274 g/mol. The summed E-state index contributed by atoms with van der Waals surface area (Å²) in [6, 6.07) is 0. The van der Waals surface area contributed by atoms with Crippen LogP contribution in [0.15, 0.2) is 19.0 Å². The van der Waals surface area contributed by atoms with Crippen LogP contribution in [0.1, 0.15) is 16.9 Å². The van der Waals surface area contributed by atoms with Gasteiger partial charge in [0.05, 0.1) is 5.39 Å². The average molecular weight is 291 g/mol. The third kappa shape index (κ3) is 2.62. The van der Waals surface area contributed by atoms with Gasteiger partial charge in [-0.25, -0.2) is 9.97 Å². The molecule has 1 aliphatic carbocycles. The molecule has 0 spiro atoms. The van der Waals surface area contributed by atoms with Crippen LogP contribution in [0.5, 0.6) is 0 Å². The zero-order chi connectivity index (χ0) is 13.1. The van der Waals surface area contributed by atoms with Crippen LogP contribution < -0.4 is 5.32 Å². The number of thiophene rings is 1. The predicted molar refractivity (Wildman–Crippen MR) is 85.5 cm³/mol. The van der Waals surface area contributed by atoms with Gasteiger partial charge in [0.15, 0.2) is 0 Å². The van der Waals surface area contributed by atoms with Crippen molar-refractivity contribution in [2.45, 2.75) is 19.3 Å². The van der Waals surface area contributed by atoms with Gasteiger partial charge in [-0.15, -0.1) is 17.9 Å². The van der Waals surface area contributed by atoms with E-state index in [-0.39, 0.29) is 0 Å². The standard InChI is InChI=1S/C14H17N3S2/c1-2-7-18-8-6-15-13-12-10-4-3-5-11(10)19-14(12)17-9-16-13/h2,9H,1,3-8H2,(H,15,16,17). The number of aromatic nitrogens is 2. The lowest BCUT2D eigenvalue weighted by Gasteiger charge is -2.06. The Morgan fingerprint density at radius 2 is 2.37 bits per heavy atom. The fourth-order valence-corrected chi connectivity index (χ4v) is 4.28. The topological polar surface area (TPSA) is 37.8 Å². The van der Waals surface area contributed by atoms with Crippen LogP contribution in [0.3, 0.4) is 0 Å². The van der Waals surface area contributed by atoms with E-state index in [1.807, 2.05) is 29.2 Å². The molecule has 100 valence electrons. The fourth-order valence-electron chi connectivity index (χ4n) is 2.47. The maximum Gasteiger partial charge on any atom is 0.138 e. The fraction of sp³-hybridized carbons (Fsp3) is 0.429. The number of hydrogen-bond acceptors (Lipinski definition) is 5. The van der Waals surface area contributed by atoms with Crippen molar-refractivity contribution in [1.29, 1.82) is 0 Å². The number of nitrogens with one attached hydrogen (secondary N) is 1. The molecule has 0 atom stereocenters. The van der Waals surface area contributed by atoms with Crippen LogP contribution >= 0.6 is 23.1 Å². The maximum absolute atomic E-state index is 4.43. The molecule has 1 aliphatic rings. The largest absolute Gasteiger partial charge is 0.369 e. The monoisotopic (exact) mass is 291 g/mol. The van der Waals surface area contributed by atoms with Crippen LogP contribution in [0.25, 0.3) is 10.2 Å². The first kappa shape index (κ1) is 12.9. The minimum absolute atomic E-state index is 0.940. The van der Waals surface area contributed by atoms with Gasteiger partial charge in [0, 0.05) is 22.9 Å². The summed E-state index contributed by atoms with van der Waals surface area (Å²) >= 11 is 3.72. The van der Waals surface area contributed by atoms with Gasteiger partial charge >= 0.3 is 0 Å². The first-order valence-corrected chi connectivity index (χ1v) is 8.55. The molecule has 2 aromatic rings. The van der Waals surface area contributed by atoms with Crippen LogP contribution in [0.2, 0.25) is 0 Å². The number of rotatable bonds is 6. The van der Waals surface area contributed by atoms with Crippen molar-refractivity contribution in [1.82, 2.24) is 9.97 Å².